The van der Waals surface area contributed by atoms with Gasteiger partial charge in [0, 0.05) is 62.2 Å². The zero-order valence-electron chi connectivity index (χ0n) is 35.8. The van der Waals surface area contributed by atoms with Crippen molar-refractivity contribution in [2.45, 2.75) is 82.7 Å². The molecule has 0 atom stereocenters. The Balaban J connectivity index is 0.000000182. The fourth-order valence-electron chi connectivity index (χ4n) is 9.50. The fraction of sp³-hybridized carbons (Fsp3) is 0.442. The summed E-state index contributed by atoms with van der Waals surface area (Å²) >= 11 is 0. The molecule has 4 aromatic heterocycles. The van der Waals surface area contributed by atoms with E-state index in [1.165, 1.54) is 34.1 Å². The Labute approximate surface area is 378 Å². The molecule has 0 unspecified atom stereocenters. The van der Waals surface area contributed by atoms with Crippen molar-refractivity contribution < 1.29 is 56.0 Å². The lowest BCUT2D eigenvalue weighted by Gasteiger charge is -2.54. The van der Waals surface area contributed by atoms with Gasteiger partial charge in [-0.25, -0.2) is 28.9 Å². The molecule has 2 saturated heterocycles. The third kappa shape index (κ3) is 10.4. The largest absolute Gasteiger partial charge is 0.465 e. The van der Waals surface area contributed by atoms with Gasteiger partial charge in [-0.2, -0.15) is 13.2 Å². The van der Waals surface area contributed by atoms with E-state index in [0.717, 1.165) is 62.4 Å². The van der Waals surface area contributed by atoms with Crippen LogP contribution in [0.2, 0.25) is 0 Å². The lowest BCUT2D eigenvalue weighted by atomic mass is 9.60. The molecule has 2 aliphatic heterocycles. The molecule has 6 N–H and O–H groups in total. The first-order valence-corrected chi connectivity index (χ1v) is 21.4. The molecule has 9 rings (SSSR count). The van der Waals surface area contributed by atoms with Gasteiger partial charge in [-0.15, -0.1) is 0 Å². The third-order valence-electron chi connectivity index (χ3n) is 13.3. The van der Waals surface area contributed by atoms with Crippen LogP contribution in [0.5, 0.6) is 0 Å². The van der Waals surface area contributed by atoms with E-state index < -0.39 is 35.9 Å². The quantitative estimate of drug-likeness (QED) is 0.114. The van der Waals surface area contributed by atoms with Crippen LogP contribution < -0.4 is 21.3 Å². The van der Waals surface area contributed by atoms with Gasteiger partial charge in [-0.3, -0.25) is 24.4 Å². The summed E-state index contributed by atoms with van der Waals surface area (Å²) in [6.07, 6.45) is 3.88. The minimum Gasteiger partial charge on any atom is -0.465 e. The zero-order chi connectivity index (χ0) is 47.7. The predicted octanol–water partition coefficient (Wildman–Crippen LogP) is 5.81. The Morgan fingerprint density at radius 2 is 1.22 bits per heavy atom. The second kappa shape index (κ2) is 18.5. The number of aromatic nitrogens is 6. The average molecular weight is 935 g/mol. The number of carboxylic acid groups (broad SMARTS) is 2. The SMILES string of the molecule is NC(=O)c1cc(CN(C(=O)O)C2CC3(CCN(c4cncc(-c5ccc(F)cc5)n4)CC3)C2)on1.NC(=O)c1cc(CN(C(=O)O)C2CC3(CCN(c4nccc(C(F)(F)F)n4)CC3)C2)on1. The smallest absolute Gasteiger partial charge is 0.433 e. The van der Waals surface area contributed by atoms with Crippen LogP contribution in [0.25, 0.3) is 11.3 Å². The Bertz CT molecular complexity index is 2600. The number of carbonyl (C=O) groups excluding carboxylic acids is 2. The van der Waals surface area contributed by atoms with Gasteiger partial charge >= 0.3 is 18.4 Å². The highest BCUT2D eigenvalue weighted by Gasteiger charge is 2.51. The number of halogens is 4. The predicted molar refractivity (Wildman–Crippen MR) is 225 cm³/mol. The molecule has 20 nitrogen and oxygen atoms in total. The third-order valence-corrected chi connectivity index (χ3v) is 13.3. The lowest BCUT2D eigenvalue weighted by Crippen LogP contribution is -2.56. The van der Waals surface area contributed by atoms with Crippen LogP contribution in [-0.2, 0) is 19.3 Å². The summed E-state index contributed by atoms with van der Waals surface area (Å²) in [6.45, 7) is 2.54. The van der Waals surface area contributed by atoms with E-state index in [4.69, 9.17) is 25.5 Å². The van der Waals surface area contributed by atoms with E-state index in [2.05, 4.69) is 30.2 Å². The molecule has 4 aliphatic rings. The van der Waals surface area contributed by atoms with E-state index in [-0.39, 0.29) is 70.7 Å². The maximum atomic E-state index is 13.2. The highest BCUT2D eigenvalue weighted by molar-refractivity contribution is 5.91. The van der Waals surface area contributed by atoms with E-state index >= 15 is 0 Å². The Morgan fingerprint density at radius 1 is 0.731 bits per heavy atom. The van der Waals surface area contributed by atoms with E-state index in [1.807, 2.05) is 0 Å². The number of amides is 4. The summed E-state index contributed by atoms with van der Waals surface area (Å²) in [7, 11) is 0. The van der Waals surface area contributed by atoms with Crippen LogP contribution in [0, 0.1) is 16.6 Å². The van der Waals surface area contributed by atoms with Gasteiger partial charge < -0.3 is 40.5 Å². The van der Waals surface area contributed by atoms with Gasteiger partial charge in [0.2, 0.25) is 5.95 Å². The van der Waals surface area contributed by atoms with Crippen molar-refractivity contribution in [3.05, 3.63) is 95.5 Å². The van der Waals surface area contributed by atoms with Gasteiger partial charge in [-0.1, -0.05) is 10.3 Å². The minimum atomic E-state index is -4.53. The number of primary amides is 2. The number of anilines is 2. The molecule has 2 saturated carbocycles. The summed E-state index contributed by atoms with van der Waals surface area (Å²) in [4.78, 5) is 69.2. The number of nitrogens with two attached hydrogens (primary N) is 2. The number of nitrogens with zero attached hydrogens (tertiary/aromatic N) is 10. The molecule has 1 aromatic carbocycles. The average Bonchev–Trinajstić information content (AvgIpc) is 3.97. The summed E-state index contributed by atoms with van der Waals surface area (Å²) in [5.41, 5.74) is 10.8. The summed E-state index contributed by atoms with van der Waals surface area (Å²) in [5.74, 6) is -0.440. The first-order chi connectivity index (χ1) is 31.9. The van der Waals surface area contributed by atoms with Crippen LogP contribution in [-0.4, -0.2) is 113 Å². The number of hydrogen-bond donors (Lipinski definition) is 4. The van der Waals surface area contributed by atoms with Crippen LogP contribution in [0.15, 0.2) is 70.1 Å². The normalized spacial score (nSPS) is 18.6. The zero-order valence-corrected chi connectivity index (χ0v) is 35.8. The van der Waals surface area contributed by atoms with Crippen molar-refractivity contribution >= 4 is 35.8 Å². The van der Waals surface area contributed by atoms with Gasteiger partial charge in [0.1, 0.15) is 17.3 Å². The van der Waals surface area contributed by atoms with Crippen LogP contribution in [0.4, 0.5) is 38.9 Å². The molecule has 0 bridgehead atoms. The maximum Gasteiger partial charge on any atom is 0.433 e. The summed E-state index contributed by atoms with van der Waals surface area (Å²) in [5, 5.41) is 26.4. The molecule has 2 spiro atoms. The van der Waals surface area contributed by atoms with Crippen molar-refractivity contribution in [1.82, 2.24) is 40.0 Å². The summed E-state index contributed by atoms with van der Waals surface area (Å²) < 4.78 is 62.0. The van der Waals surface area contributed by atoms with Crippen molar-refractivity contribution in [1.29, 1.82) is 0 Å². The molecular weight excluding hydrogens is 889 g/mol. The first-order valence-electron chi connectivity index (χ1n) is 21.4. The van der Waals surface area contributed by atoms with Crippen molar-refractivity contribution in [3.8, 4) is 11.3 Å². The van der Waals surface area contributed by atoms with Crippen molar-refractivity contribution in [2.75, 3.05) is 36.0 Å². The molecule has 5 aromatic rings. The number of hydrogen-bond acceptors (Lipinski definition) is 14. The molecule has 4 fully saturated rings. The van der Waals surface area contributed by atoms with Gasteiger partial charge in [0.25, 0.3) is 11.8 Å². The van der Waals surface area contributed by atoms with Gasteiger partial charge in [-0.05, 0) is 92.5 Å². The van der Waals surface area contributed by atoms with Gasteiger partial charge in [0.15, 0.2) is 22.9 Å². The van der Waals surface area contributed by atoms with Crippen LogP contribution in [0.1, 0.15) is 89.6 Å². The fourth-order valence-corrected chi connectivity index (χ4v) is 9.50. The van der Waals surface area contributed by atoms with E-state index in [9.17, 15) is 47.0 Å². The molecule has 2 aliphatic carbocycles. The molecule has 4 amide bonds. The Morgan fingerprint density at radius 3 is 1.67 bits per heavy atom. The molecule has 0 radical (unpaired) electrons. The second-order valence-electron chi connectivity index (χ2n) is 17.5. The molecule has 67 heavy (non-hydrogen) atoms. The second-order valence-corrected chi connectivity index (χ2v) is 17.5. The monoisotopic (exact) mass is 934 g/mol. The van der Waals surface area contributed by atoms with Crippen LogP contribution >= 0.6 is 0 Å². The first kappa shape index (κ1) is 46.1. The highest BCUT2D eigenvalue weighted by Crippen LogP contribution is 2.53. The Hall–Kier alpha value is -7.40. The number of alkyl halides is 3. The van der Waals surface area contributed by atoms with E-state index in [0.29, 0.717) is 44.5 Å². The minimum absolute atomic E-state index is 0.0191. The molecule has 6 heterocycles. The number of benzene rings is 1. The standard InChI is InChI=1S/C24H25FN6O4.C19H21F3N6O4/c25-16-3-1-15(2-4-16)20-12-27-13-21(28-20)30-7-5-24(6-8-30)10-17(11-24)31(23(33)34)14-18-9-19(22(26)32)29-35-18;20-19(21,22)14-1-4-24-16(25-14)27-5-2-18(3-6-27)8-11(9-18)28(17(30)31)10-12-7-13(15(23)29)26-32-12/h1-4,9,12-13,17H,5-8,10-11,14H2,(H2,26,32)(H,33,34);1,4,7,11H,2-3,5-6,8-10H2,(H2,23,29)(H,30,31). The number of carbonyl (C=O) groups is 4. The van der Waals surface area contributed by atoms with Crippen molar-refractivity contribution in [2.24, 2.45) is 22.3 Å². The Kier molecular flexibility index (Phi) is 12.7. The molecule has 354 valence electrons. The van der Waals surface area contributed by atoms with Crippen molar-refractivity contribution in [3.63, 3.8) is 0 Å². The van der Waals surface area contributed by atoms with Crippen LogP contribution in [0.3, 0.4) is 0 Å². The maximum absolute atomic E-state index is 13.2. The number of rotatable bonds is 11. The summed E-state index contributed by atoms with van der Waals surface area (Å²) in [6, 6.07) is 9.37. The topological polar surface area (TPSA) is 277 Å². The number of piperidine rings is 2. The van der Waals surface area contributed by atoms with Gasteiger partial charge in [0.05, 0.1) is 31.2 Å². The van der Waals surface area contributed by atoms with E-state index in [1.54, 1.807) is 29.4 Å². The lowest BCUT2D eigenvalue weighted by molar-refractivity contribution is -0.141. The molecule has 24 heteroatoms. The highest BCUT2D eigenvalue weighted by atomic mass is 19.4. The molecular formula is C43H46F4N12O8.